The largest absolute Gasteiger partial charge is 0.462 e. The molecule has 1 fully saturated rings. The van der Waals surface area contributed by atoms with E-state index in [1.54, 1.807) is 0 Å². The van der Waals surface area contributed by atoms with Crippen molar-refractivity contribution in [2.75, 3.05) is 13.1 Å². The minimum absolute atomic E-state index is 0.0107. The summed E-state index contributed by atoms with van der Waals surface area (Å²) in [4.78, 5) is 11.3. The average Bonchev–Trinajstić information content (AvgIpc) is 2.23. The maximum absolute atomic E-state index is 11.3. The molecule has 0 radical (unpaired) electrons. The molecule has 0 spiro atoms. The molecule has 2 unspecified atom stereocenters. The normalized spacial score (nSPS) is 24.9. The van der Waals surface area contributed by atoms with Gasteiger partial charge in [0.15, 0.2) is 0 Å². The van der Waals surface area contributed by atoms with Gasteiger partial charge < -0.3 is 10.1 Å². The lowest BCUT2D eigenvalue weighted by Crippen LogP contribution is -2.29. The lowest BCUT2D eigenvalue weighted by Gasteiger charge is -2.26. The van der Waals surface area contributed by atoms with E-state index in [9.17, 15) is 4.79 Å². The number of nitrogens with one attached hydrogen (secondary N) is 1. The third kappa shape index (κ3) is 6.67. The highest BCUT2D eigenvalue weighted by atomic mass is 16.5. The van der Waals surface area contributed by atoms with Gasteiger partial charge in [0.05, 0.1) is 12.6 Å². The van der Waals surface area contributed by atoms with Crippen molar-refractivity contribution in [2.45, 2.75) is 59.0 Å². The standard InChI is InChI=1S/C14H27NO2/c1-11(2)17-14(16)10-15-8-7-13-6-4-5-12(3)9-13/h11-13,15H,4-10H2,1-3H3. The highest BCUT2D eigenvalue weighted by Gasteiger charge is 2.18. The maximum Gasteiger partial charge on any atom is 0.320 e. The summed E-state index contributed by atoms with van der Waals surface area (Å²) in [6.45, 7) is 7.38. The van der Waals surface area contributed by atoms with Crippen LogP contribution in [0.25, 0.3) is 0 Å². The zero-order chi connectivity index (χ0) is 12.7. The zero-order valence-corrected chi connectivity index (χ0v) is 11.5. The summed E-state index contributed by atoms with van der Waals surface area (Å²) in [5, 5.41) is 3.18. The lowest BCUT2D eigenvalue weighted by molar-refractivity contribution is -0.146. The van der Waals surface area contributed by atoms with E-state index in [1.165, 1.54) is 32.1 Å². The molecule has 0 saturated heterocycles. The van der Waals surface area contributed by atoms with Crippen LogP contribution in [0.5, 0.6) is 0 Å². The van der Waals surface area contributed by atoms with E-state index in [4.69, 9.17) is 4.74 Å². The first-order valence-corrected chi connectivity index (χ1v) is 6.98. The topological polar surface area (TPSA) is 38.3 Å². The van der Waals surface area contributed by atoms with Gasteiger partial charge in [0.25, 0.3) is 0 Å². The van der Waals surface area contributed by atoms with Gasteiger partial charge in [-0.3, -0.25) is 4.79 Å². The van der Waals surface area contributed by atoms with Crippen molar-refractivity contribution in [3.63, 3.8) is 0 Å². The van der Waals surface area contributed by atoms with Crippen LogP contribution in [0.1, 0.15) is 52.9 Å². The van der Waals surface area contributed by atoms with Crippen LogP contribution in [0.4, 0.5) is 0 Å². The van der Waals surface area contributed by atoms with E-state index in [0.29, 0.717) is 6.54 Å². The number of hydrogen-bond acceptors (Lipinski definition) is 3. The van der Waals surface area contributed by atoms with Crippen LogP contribution in [0, 0.1) is 11.8 Å². The molecule has 1 aliphatic carbocycles. The Kier molecular flexibility index (Phi) is 6.56. The fourth-order valence-corrected chi connectivity index (χ4v) is 2.62. The van der Waals surface area contributed by atoms with Crippen molar-refractivity contribution in [1.29, 1.82) is 0 Å². The summed E-state index contributed by atoms with van der Waals surface area (Å²) in [6, 6.07) is 0. The Labute approximate surface area is 105 Å². The second-order valence-corrected chi connectivity index (χ2v) is 5.64. The van der Waals surface area contributed by atoms with Crippen molar-refractivity contribution >= 4 is 5.97 Å². The Bertz CT molecular complexity index is 228. The molecule has 17 heavy (non-hydrogen) atoms. The van der Waals surface area contributed by atoms with Crippen molar-refractivity contribution in [2.24, 2.45) is 11.8 Å². The van der Waals surface area contributed by atoms with Gasteiger partial charge in [0.2, 0.25) is 0 Å². The number of hydrogen-bond donors (Lipinski definition) is 1. The van der Waals surface area contributed by atoms with Gasteiger partial charge in [-0.15, -0.1) is 0 Å². The fraction of sp³-hybridized carbons (Fsp3) is 0.929. The van der Waals surface area contributed by atoms with Gasteiger partial charge in [-0.2, -0.15) is 0 Å². The number of carbonyl (C=O) groups is 1. The van der Waals surface area contributed by atoms with E-state index in [0.717, 1.165) is 18.4 Å². The van der Waals surface area contributed by atoms with Crippen LogP contribution in [0.15, 0.2) is 0 Å². The van der Waals surface area contributed by atoms with E-state index in [-0.39, 0.29) is 12.1 Å². The summed E-state index contributed by atoms with van der Waals surface area (Å²) >= 11 is 0. The molecule has 0 aromatic carbocycles. The monoisotopic (exact) mass is 241 g/mol. The first-order valence-electron chi connectivity index (χ1n) is 6.98. The van der Waals surface area contributed by atoms with Crippen LogP contribution < -0.4 is 5.32 Å². The Morgan fingerprint density at radius 2 is 2.18 bits per heavy atom. The van der Waals surface area contributed by atoms with Gasteiger partial charge in [-0.05, 0) is 45.1 Å². The summed E-state index contributed by atoms with van der Waals surface area (Å²) in [5.74, 6) is 1.60. The van der Waals surface area contributed by atoms with Crippen molar-refractivity contribution in [1.82, 2.24) is 5.32 Å². The Balaban J connectivity index is 2.01. The van der Waals surface area contributed by atoms with Crippen molar-refractivity contribution in [3.8, 4) is 0 Å². The molecule has 1 saturated carbocycles. The Morgan fingerprint density at radius 3 is 2.82 bits per heavy atom. The molecule has 3 heteroatoms. The Hall–Kier alpha value is -0.570. The Morgan fingerprint density at radius 1 is 1.41 bits per heavy atom. The van der Waals surface area contributed by atoms with Gasteiger partial charge in [0.1, 0.15) is 0 Å². The van der Waals surface area contributed by atoms with E-state index in [1.807, 2.05) is 13.8 Å². The summed E-state index contributed by atoms with van der Waals surface area (Å²) in [5.41, 5.74) is 0. The SMILES string of the molecule is CC1CCCC(CCNCC(=O)OC(C)C)C1. The van der Waals surface area contributed by atoms with Gasteiger partial charge in [0, 0.05) is 0 Å². The molecular formula is C14H27NO2. The van der Waals surface area contributed by atoms with Crippen LogP contribution in [0.2, 0.25) is 0 Å². The first kappa shape index (κ1) is 14.5. The minimum atomic E-state index is -0.142. The number of ether oxygens (including phenoxy) is 1. The predicted octanol–water partition coefficient (Wildman–Crippen LogP) is 2.74. The zero-order valence-electron chi connectivity index (χ0n) is 11.5. The molecule has 0 aromatic rings. The predicted molar refractivity (Wildman–Crippen MR) is 69.8 cm³/mol. The quantitative estimate of drug-likeness (QED) is 0.574. The van der Waals surface area contributed by atoms with Gasteiger partial charge >= 0.3 is 5.97 Å². The highest BCUT2D eigenvalue weighted by Crippen LogP contribution is 2.30. The van der Waals surface area contributed by atoms with Crippen LogP contribution in [-0.2, 0) is 9.53 Å². The fourth-order valence-electron chi connectivity index (χ4n) is 2.62. The molecule has 100 valence electrons. The van der Waals surface area contributed by atoms with Crippen molar-refractivity contribution < 1.29 is 9.53 Å². The van der Waals surface area contributed by atoms with Gasteiger partial charge in [-0.25, -0.2) is 0 Å². The molecular weight excluding hydrogens is 214 g/mol. The first-order chi connectivity index (χ1) is 8.08. The molecule has 0 aromatic heterocycles. The van der Waals surface area contributed by atoms with Crippen LogP contribution >= 0.6 is 0 Å². The van der Waals surface area contributed by atoms with Gasteiger partial charge in [-0.1, -0.05) is 26.2 Å². The molecule has 1 N–H and O–H groups in total. The number of carbonyl (C=O) groups excluding carboxylic acids is 1. The lowest BCUT2D eigenvalue weighted by atomic mass is 9.81. The number of rotatable bonds is 6. The molecule has 0 bridgehead atoms. The summed E-state index contributed by atoms with van der Waals surface area (Å²) in [6.07, 6.45) is 6.68. The second kappa shape index (κ2) is 7.70. The second-order valence-electron chi connectivity index (χ2n) is 5.64. The van der Waals surface area contributed by atoms with E-state index < -0.39 is 0 Å². The van der Waals surface area contributed by atoms with E-state index >= 15 is 0 Å². The third-order valence-electron chi connectivity index (χ3n) is 3.41. The minimum Gasteiger partial charge on any atom is -0.462 e. The molecule has 1 rings (SSSR count). The maximum atomic E-state index is 11.3. The third-order valence-corrected chi connectivity index (χ3v) is 3.41. The molecule has 0 amide bonds. The molecule has 2 atom stereocenters. The summed E-state index contributed by atoms with van der Waals surface area (Å²) in [7, 11) is 0. The van der Waals surface area contributed by atoms with Crippen LogP contribution in [-0.4, -0.2) is 25.2 Å². The smallest absolute Gasteiger partial charge is 0.320 e. The molecule has 3 nitrogen and oxygen atoms in total. The molecule has 0 heterocycles. The van der Waals surface area contributed by atoms with Crippen molar-refractivity contribution in [3.05, 3.63) is 0 Å². The average molecular weight is 241 g/mol. The highest BCUT2D eigenvalue weighted by molar-refractivity contribution is 5.71. The van der Waals surface area contributed by atoms with E-state index in [2.05, 4.69) is 12.2 Å². The van der Waals surface area contributed by atoms with Crippen LogP contribution in [0.3, 0.4) is 0 Å². The summed E-state index contributed by atoms with van der Waals surface area (Å²) < 4.78 is 5.06. The molecule has 1 aliphatic rings. The molecule has 0 aliphatic heterocycles. The number of esters is 1.